The van der Waals surface area contributed by atoms with E-state index in [2.05, 4.69) is 35.9 Å². The molecule has 2 fully saturated rings. The number of aromatic nitrogens is 5. The average molecular weight is 403 g/mol. The first kappa shape index (κ1) is 18.9. The highest BCUT2D eigenvalue weighted by Crippen LogP contribution is 2.39. The van der Waals surface area contributed by atoms with Crippen LogP contribution in [-0.4, -0.2) is 62.4 Å². The SMILES string of the molecule is O=c1ccc(-c2ccncc2)nn1CCN1CCN(c2cc(C3CC3)ncn2)CC1. The normalized spacial score (nSPS) is 17.3. The van der Waals surface area contributed by atoms with Crippen molar-refractivity contribution >= 4 is 5.82 Å². The molecular formula is C22H25N7O. The van der Waals surface area contributed by atoms with Crippen molar-refractivity contribution < 1.29 is 0 Å². The lowest BCUT2D eigenvalue weighted by molar-refractivity contribution is 0.242. The zero-order valence-corrected chi connectivity index (χ0v) is 16.9. The van der Waals surface area contributed by atoms with E-state index in [-0.39, 0.29) is 5.56 Å². The summed E-state index contributed by atoms with van der Waals surface area (Å²) >= 11 is 0. The molecule has 1 aliphatic heterocycles. The molecular weight excluding hydrogens is 378 g/mol. The number of piperazine rings is 1. The molecule has 2 aliphatic rings. The summed E-state index contributed by atoms with van der Waals surface area (Å²) in [6.07, 6.45) is 7.66. The first-order chi connectivity index (χ1) is 14.8. The maximum atomic E-state index is 12.3. The molecule has 1 saturated heterocycles. The summed E-state index contributed by atoms with van der Waals surface area (Å²) < 4.78 is 1.56. The van der Waals surface area contributed by atoms with E-state index in [9.17, 15) is 4.79 Å². The number of hydrogen-bond donors (Lipinski definition) is 0. The molecule has 3 aromatic heterocycles. The molecule has 1 saturated carbocycles. The number of hydrogen-bond acceptors (Lipinski definition) is 7. The fourth-order valence-electron chi connectivity index (χ4n) is 3.86. The maximum absolute atomic E-state index is 12.3. The molecule has 0 unspecified atom stereocenters. The predicted molar refractivity (Wildman–Crippen MR) is 114 cm³/mol. The van der Waals surface area contributed by atoms with Gasteiger partial charge in [-0.05, 0) is 31.0 Å². The van der Waals surface area contributed by atoms with Crippen LogP contribution in [0.4, 0.5) is 5.82 Å². The Morgan fingerprint density at radius 3 is 2.50 bits per heavy atom. The first-order valence-corrected chi connectivity index (χ1v) is 10.5. The van der Waals surface area contributed by atoms with Gasteiger partial charge in [-0.3, -0.25) is 14.7 Å². The van der Waals surface area contributed by atoms with E-state index in [1.54, 1.807) is 35.5 Å². The van der Waals surface area contributed by atoms with Gasteiger partial charge in [0.25, 0.3) is 5.56 Å². The Morgan fingerprint density at radius 2 is 1.73 bits per heavy atom. The van der Waals surface area contributed by atoms with Gasteiger partial charge < -0.3 is 4.90 Å². The summed E-state index contributed by atoms with van der Waals surface area (Å²) in [4.78, 5) is 29.9. The van der Waals surface area contributed by atoms with E-state index >= 15 is 0 Å². The van der Waals surface area contributed by atoms with Crippen molar-refractivity contribution in [3.8, 4) is 11.3 Å². The van der Waals surface area contributed by atoms with E-state index < -0.39 is 0 Å². The van der Waals surface area contributed by atoms with Crippen molar-refractivity contribution in [3.05, 3.63) is 65.1 Å². The lowest BCUT2D eigenvalue weighted by atomic mass is 10.2. The molecule has 0 amide bonds. The molecule has 5 rings (SSSR count). The molecule has 0 spiro atoms. The second kappa shape index (κ2) is 8.31. The molecule has 0 bridgehead atoms. The Bertz CT molecular complexity index is 1060. The van der Waals surface area contributed by atoms with Crippen LogP contribution in [0.5, 0.6) is 0 Å². The van der Waals surface area contributed by atoms with E-state index in [0.717, 1.165) is 49.8 Å². The zero-order chi connectivity index (χ0) is 20.3. The third-order valence-electron chi connectivity index (χ3n) is 5.84. The number of pyridine rings is 1. The van der Waals surface area contributed by atoms with Crippen molar-refractivity contribution in [2.45, 2.75) is 25.3 Å². The van der Waals surface area contributed by atoms with E-state index in [1.165, 1.54) is 18.5 Å². The molecule has 4 heterocycles. The van der Waals surface area contributed by atoms with Crippen LogP contribution in [0.3, 0.4) is 0 Å². The molecule has 30 heavy (non-hydrogen) atoms. The zero-order valence-electron chi connectivity index (χ0n) is 16.9. The molecule has 0 aromatic carbocycles. The van der Waals surface area contributed by atoms with Gasteiger partial charge in [0.15, 0.2) is 0 Å². The molecule has 8 nitrogen and oxygen atoms in total. The minimum atomic E-state index is -0.0694. The van der Waals surface area contributed by atoms with Gasteiger partial charge >= 0.3 is 0 Å². The lowest BCUT2D eigenvalue weighted by Gasteiger charge is -2.35. The van der Waals surface area contributed by atoms with Gasteiger partial charge in [0.05, 0.1) is 12.2 Å². The fourth-order valence-corrected chi connectivity index (χ4v) is 3.86. The molecule has 0 radical (unpaired) electrons. The van der Waals surface area contributed by atoms with Crippen LogP contribution in [0.15, 0.2) is 53.8 Å². The van der Waals surface area contributed by atoms with Crippen molar-refractivity contribution in [1.29, 1.82) is 0 Å². The summed E-state index contributed by atoms with van der Waals surface area (Å²) in [6, 6.07) is 9.31. The van der Waals surface area contributed by atoms with Crippen LogP contribution >= 0.6 is 0 Å². The van der Waals surface area contributed by atoms with Gasteiger partial charge in [-0.2, -0.15) is 5.10 Å². The van der Waals surface area contributed by atoms with Gasteiger partial charge in [0.1, 0.15) is 12.1 Å². The molecule has 8 heteroatoms. The molecule has 0 atom stereocenters. The Balaban J connectivity index is 1.18. The van der Waals surface area contributed by atoms with Crippen molar-refractivity contribution in [3.63, 3.8) is 0 Å². The van der Waals surface area contributed by atoms with Gasteiger partial charge in [-0.25, -0.2) is 14.6 Å². The lowest BCUT2D eigenvalue weighted by Crippen LogP contribution is -2.48. The van der Waals surface area contributed by atoms with Gasteiger partial charge in [0, 0.05) is 74.4 Å². The van der Waals surface area contributed by atoms with E-state index in [4.69, 9.17) is 0 Å². The Hall–Kier alpha value is -3.13. The summed E-state index contributed by atoms with van der Waals surface area (Å²) in [5.41, 5.74) is 2.86. The topological polar surface area (TPSA) is 80.0 Å². The quantitative estimate of drug-likeness (QED) is 0.621. The van der Waals surface area contributed by atoms with E-state index in [1.807, 2.05) is 12.1 Å². The number of rotatable bonds is 6. The second-order valence-corrected chi connectivity index (χ2v) is 7.92. The predicted octanol–water partition coefficient (Wildman–Crippen LogP) is 1.79. The van der Waals surface area contributed by atoms with Crippen molar-refractivity contribution in [2.75, 3.05) is 37.6 Å². The van der Waals surface area contributed by atoms with Crippen LogP contribution in [0, 0.1) is 0 Å². The summed E-state index contributed by atoms with van der Waals surface area (Å²) in [7, 11) is 0. The van der Waals surface area contributed by atoms with E-state index in [0.29, 0.717) is 12.5 Å². The summed E-state index contributed by atoms with van der Waals surface area (Å²) in [5, 5.41) is 4.54. The fraction of sp³-hybridized carbons (Fsp3) is 0.409. The van der Waals surface area contributed by atoms with Crippen molar-refractivity contribution in [2.24, 2.45) is 0 Å². The summed E-state index contributed by atoms with van der Waals surface area (Å²) in [6.45, 7) is 5.14. The van der Waals surface area contributed by atoms with Gasteiger partial charge in [-0.1, -0.05) is 0 Å². The second-order valence-electron chi connectivity index (χ2n) is 7.92. The molecule has 154 valence electrons. The van der Waals surface area contributed by atoms with Gasteiger partial charge in [0.2, 0.25) is 0 Å². The largest absolute Gasteiger partial charge is 0.354 e. The molecule has 1 aliphatic carbocycles. The smallest absolute Gasteiger partial charge is 0.266 e. The maximum Gasteiger partial charge on any atom is 0.266 e. The van der Waals surface area contributed by atoms with Crippen LogP contribution in [0.2, 0.25) is 0 Å². The standard InChI is InChI=1S/C22H25N7O/c30-22-4-3-19(18-5-7-23-8-6-18)26-29(22)14-11-27-9-12-28(13-10-27)21-15-20(17-1-2-17)24-16-25-21/h3-8,15-17H,1-2,9-14H2. The first-order valence-electron chi connectivity index (χ1n) is 10.5. The van der Waals surface area contributed by atoms with Crippen LogP contribution in [0.1, 0.15) is 24.5 Å². The Labute approximate surface area is 175 Å². The number of nitrogens with zero attached hydrogens (tertiary/aromatic N) is 7. The van der Waals surface area contributed by atoms with Crippen LogP contribution < -0.4 is 10.5 Å². The highest BCUT2D eigenvalue weighted by atomic mass is 16.1. The van der Waals surface area contributed by atoms with Crippen LogP contribution in [-0.2, 0) is 6.54 Å². The third-order valence-corrected chi connectivity index (χ3v) is 5.84. The average Bonchev–Trinajstić information content (AvgIpc) is 3.65. The highest BCUT2D eigenvalue weighted by Gasteiger charge is 2.26. The highest BCUT2D eigenvalue weighted by molar-refractivity contribution is 5.57. The third kappa shape index (κ3) is 4.23. The van der Waals surface area contributed by atoms with Crippen LogP contribution in [0.25, 0.3) is 11.3 Å². The summed E-state index contributed by atoms with van der Waals surface area (Å²) in [5.74, 6) is 1.68. The minimum absolute atomic E-state index is 0.0694. The molecule has 3 aromatic rings. The number of anilines is 1. The minimum Gasteiger partial charge on any atom is -0.354 e. The Kier molecular flexibility index (Phi) is 5.23. The Morgan fingerprint density at radius 1 is 0.933 bits per heavy atom. The van der Waals surface area contributed by atoms with Gasteiger partial charge in [-0.15, -0.1) is 0 Å². The van der Waals surface area contributed by atoms with Crippen molar-refractivity contribution in [1.82, 2.24) is 29.6 Å². The molecule has 0 N–H and O–H groups in total. The monoisotopic (exact) mass is 403 g/mol.